The van der Waals surface area contributed by atoms with Crippen molar-refractivity contribution < 1.29 is 18.3 Å². The summed E-state index contributed by atoms with van der Waals surface area (Å²) in [5.74, 6) is -1.21. The van der Waals surface area contributed by atoms with E-state index in [0.717, 1.165) is 10.4 Å². The summed E-state index contributed by atoms with van der Waals surface area (Å²) in [5, 5.41) is 17.5. The molecular weight excluding hydrogens is 348 g/mol. The van der Waals surface area contributed by atoms with Crippen molar-refractivity contribution in [2.75, 3.05) is 13.6 Å². The van der Waals surface area contributed by atoms with Gasteiger partial charge in [-0.3, -0.25) is 0 Å². The van der Waals surface area contributed by atoms with E-state index in [4.69, 9.17) is 10.4 Å². The van der Waals surface area contributed by atoms with Crippen LogP contribution in [0.2, 0.25) is 0 Å². The highest BCUT2D eigenvalue weighted by molar-refractivity contribution is 9.10. The second kappa shape index (κ2) is 6.35. The molecule has 0 aliphatic rings. The van der Waals surface area contributed by atoms with Gasteiger partial charge in [0.15, 0.2) is 0 Å². The van der Waals surface area contributed by atoms with Crippen molar-refractivity contribution in [3.05, 3.63) is 27.7 Å². The highest BCUT2D eigenvalue weighted by Crippen LogP contribution is 2.27. The molecule has 1 aromatic carbocycles. The smallest absolute Gasteiger partial charge is 0.335 e. The summed E-state index contributed by atoms with van der Waals surface area (Å²) >= 11 is 3.16. The Bertz CT molecular complexity index is 679. The molecule has 0 fully saturated rings. The minimum Gasteiger partial charge on any atom is -0.478 e. The first-order chi connectivity index (χ1) is 9.21. The van der Waals surface area contributed by atoms with E-state index in [9.17, 15) is 13.2 Å². The fourth-order valence-electron chi connectivity index (χ4n) is 1.54. The maximum atomic E-state index is 12.4. The summed E-state index contributed by atoms with van der Waals surface area (Å²) in [6.45, 7) is 1.63. The molecule has 0 aliphatic heterocycles. The van der Waals surface area contributed by atoms with Crippen molar-refractivity contribution in [2.24, 2.45) is 0 Å². The largest absolute Gasteiger partial charge is 0.478 e. The molecule has 0 aromatic heterocycles. The van der Waals surface area contributed by atoms with E-state index < -0.39 is 16.0 Å². The van der Waals surface area contributed by atoms with Gasteiger partial charge in [0, 0.05) is 24.5 Å². The Hall–Kier alpha value is -1.43. The highest BCUT2D eigenvalue weighted by atomic mass is 79.9. The SMILES string of the molecule is Cc1c(Br)cc(C(=O)O)cc1S(=O)(=O)N(C)CCC#N. The lowest BCUT2D eigenvalue weighted by Crippen LogP contribution is -2.28. The van der Waals surface area contributed by atoms with Crippen molar-refractivity contribution in [1.82, 2.24) is 4.31 Å². The number of carboxylic acids is 1. The Morgan fingerprint density at radius 1 is 1.50 bits per heavy atom. The van der Waals surface area contributed by atoms with E-state index in [1.807, 2.05) is 6.07 Å². The lowest BCUT2D eigenvalue weighted by Gasteiger charge is -2.18. The number of aromatic carboxylic acids is 1. The lowest BCUT2D eigenvalue weighted by atomic mass is 10.1. The average Bonchev–Trinajstić information content (AvgIpc) is 2.38. The van der Waals surface area contributed by atoms with Crippen LogP contribution in [0.15, 0.2) is 21.5 Å². The highest BCUT2D eigenvalue weighted by Gasteiger charge is 2.25. The monoisotopic (exact) mass is 360 g/mol. The zero-order chi connectivity index (χ0) is 15.5. The fraction of sp³-hybridized carbons (Fsp3) is 0.333. The second-order valence-corrected chi connectivity index (χ2v) is 6.99. The van der Waals surface area contributed by atoms with Crippen LogP contribution in [0, 0.1) is 18.3 Å². The van der Waals surface area contributed by atoms with Gasteiger partial charge in [0.25, 0.3) is 0 Å². The summed E-state index contributed by atoms with van der Waals surface area (Å²) in [4.78, 5) is 10.9. The quantitative estimate of drug-likeness (QED) is 0.865. The van der Waals surface area contributed by atoms with Crippen LogP contribution in [0.4, 0.5) is 0 Å². The van der Waals surface area contributed by atoms with Crippen LogP contribution < -0.4 is 0 Å². The molecule has 1 N–H and O–H groups in total. The van der Waals surface area contributed by atoms with Gasteiger partial charge < -0.3 is 5.11 Å². The number of hydrogen-bond acceptors (Lipinski definition) is 4. The zero-order valence-electron chi connectivity index (χ0n) is 10.9. The first-order valence-electron chi connectivity index (χ1n) is 5.58. The van der Waals surface area contributed by atoms with Crippen molar-refractivity contribution in [3.8, 4) is 6.07 Å². The molecule has 0 heterocycles. The van der Waals surface area contributed by atoms with E-state index in [1.165, 1.54) is 13.1 Å². The van der Waals surface area contributed by atoms with Crippen LogP contribution >= 0.6 is 15.9 Å². The minimum atomic E-state index is -3.83. The predicted octanol–water partition coefficient (Wildman–Crippen LogP) is 1.99. The molecule has 0 bridgehead atoms. The van der Waals surface area contributed by atoms with Gasteiger partial charge in [-0.1, -0.05) is 15.9 Å². The van der Waals surface area contributed by atoms with Crippen LogP contribution in [0.1, 0.15) is 22.3 Å². The lowest BCUT2D eigenvalue weighted by molar-refractivity contribution is 0.0696. The molecule has 108 valence electrons. The molecule has 8 heteroatoms. The maximum absolute atomic E-state index is 12.4. The van der Waals surface area contributed by atoms with Crippen LogP contribution in [-0.4, -0.2) is 37.4 Å². The van der Waals surface area contributed by atoms with Crippen LogP contribution in [-0.2, 0) is 10.0 Å². The molecule has 20 heavy (non-hydrogen) atoms. The van der Waals surface area contributed by atoms with Gasteiger partial charge in [-0.15, -0.1) is 0 Å². The Morgan fingerprint density at radius 2 is 2.10 bits per heavy atom. The fourth-order valence-corrected chi connectivity index (χ4v) is 3.57. The van der Waals surface area contributed by atoms with Gasteiger partial charge in [-0.2, -0.15) is 9.57 Å². The summed E-state index contributed by atoms with van der Waals surface area (Å²) < 4.78 is 26.2. The first-order valence-corrected chi connectivity index (χ1v) is 7.82. The maximum Gasteiger partial charge on any atom is 0.335 e. The van der Waals surface area contributed by atoms with Crippen LogP contribution in [0.25, 0.3) is 0 Å². The van der Waals surface area contributed by atoms with E-state index in [2.05, 4.69) is 15.9 Å². The number of sulfonamides is 1. The molecule has 0 atom stereocenters. The van der Waals surface area contributed by atoms with Crippen molar-refractivity contribution in [3.63, 3.8) is 0 Å². The summed E-state index contributed by atoms with van der Waals surface area (Å²) in [5.41, 5.74) is 0.313. The number of benzene rings is 1. The Kier molecular flexibility index (Phi) is 5.28. The summed E-state index contributed by atoms with van der Waals surface area (Å²) in [6.07, 6.45) is 0.0641. The molecule has 0 aliphatic carbocycles. The molecule has 0 amide bonds. The first kappa shape index (κ1) is 16.6. The molecule has 6 nitrogen and oxygen atoms in total. The number of halogens is 1. The number of nitrogens with zero attached hydrogens (tertiary/aromatic N) is 2. The Morgan fingerprint density at radius 3 is 2.60 bits per heavy atom. The molecule has 0 radical (unpaired) electrons. The molecule has 0 spiro atoms. The van der Waals surface area contributed by atoms with Crippen molar-refractivity contribution >= 4 is 31.9 Å². The molecule has 0 unspecified atom stereocenters. The predicted molar refractivity (Wildman–Crippen MR) is 75.9 cm³/mol. The number of carboxylic acid groups (broad SMARTS) is 1. The number of carbonyl (C=O) groups is 1. The van der Waals surface area contributed by atoms with Gasteiger partial charge >= 0.3 is 5.97 Å². The minimum absolute atomic E-state index is 0.0488. The van der Waals surface area contributed by atoms with Crippen molar-refractivity contribution in [2.45, 2.75) is 18.2 Å². The van der Waals surface area contributed by atoms with E-state index in [0.29, 0.717) is 10.0 Å². The Labute approximate surface area is 125 Å². The normalized spacial score (nSPS) is 11.3. The topological polar surface area (TPSA) is 98.5 Å². The van der Waals surface area contributed by atoms with E-state index in [1.54, 1.807) is 6.92 Å². The van der Waals surface area contributed by atoms with Crippen LogP contribution in [0.5, 0.6) is 0 Å². The number of rotatable bonds is 5. The molecule has 1 rings (SSSR count). The van der Waals surface area contributed by atoms with Gasteiger partial charge in [0.1, 0.15) is 0 Å². The third-order valence-corrected chi connectivity index (χ3v) is 5.58. The summed E-state index contributed by atoms with van der Waals surface area (Å²) in [7, 11) is -2.48. The van der Waals surface area contributed by atoms with Gasteiger partial charge in [0.2, 0.25) is 10.0 Å². The number of nitriles is 1. The zero-order valence-corrected chi connectivity index (χ0v) is 13.3. The van der Waals surface area contributed by atoms with E-state index in [-0.39, 0.29) is 23.4 Å². The third kappa shape index (κ3) is 3.36. The van der Waals surface area contributed by atoms with Gasteiger partial charge in [-0.25, -0.2) is 13.2 Å². The third-order valence-electron chi connectivity index (χ3n) is 2.77. The van der Waals surface area contributed by atoms with Crippen molar-refractivity contribution in [1.29, 1.82) is 5.26 Å². The molecule has 0 saturated heterocycles. The molecule has 1 aromatic rings. The van der Waals surface area contributed by atoms with Crippen LogP contribution in [0.3, 0.4) is 0 Å². The second-order valence-electron chi connectivity index (χ2n) is 4.12. The Balaban J connectivity index is 3.38. The summed E-state index contributed by atoms with van der Waals surface area (Å²) in [6, 6.07) is 4.35. The average molecular weight is 361 g/mol. The molecule has 0 saturated carbocycles. The van der Waals surface area contributed by atoms with E-state index >= 15 is 0 Å². The number of hydrogen-bond donors (Lipinski definition) is 1. The van der Waals surface area contributed by atoms with Gasteiger partial charge in [-0.05, 0) is 24.6 Å². The standard InChI is InChI=1S/C12H13BrN2O4S/c1-8-10(13)6-9(12(16)17)7-11(8)20(18,19)15(2)5-3-4-14/h6-7H,3,5H2,1-2H3,(H,16,17). The van der Waals surface area contributed by atoms with Gasteiger partial charge in [0.05, 0.1) is 16.5 Å². The molecular formula is C12H13BrN2O4S.